The first-order valence-electron chi connectivity index (χ1n) is 7.00. The van der Waals surface area contributed by atoms with Crippen molar-refractivity contribution in [2.75, 3.05) is 19.6 Å². The predicted octanol–water partition coefficient (Wildman–Crippen LogP) is 1.55. The molecule has 0 aromatic carbocycles. The summed E-state index contributed by atoms with van der Waals surface area (Å²) < 4.78 is 2.12. The fraction of sp³-hybridized carbons (Fsp3) is 0.643. The topological polar surface area (TPSA) is 46.1 Å². The van der Waals surface area contributed by atoms with Gasteiger partial charge in [0.2, 0.25) is 0 Å². The maximum absolute atomic E-state index is 12.2. The first-order chi connectivity index (χ1) is 8.84. The van der Waals surface area contributed by atoms with Crippen molar-refractivity contribution in [2.45, 2.75) is 31.7 Å². The lowest BCUT2D eigenvalue weighted by atomic mass is 9.98. The summed E-state index contributed by atoms with van der Waals surface area (Å²) in [5.74, 6) is 0.727. The van der Waals surface area contributed by atoms with Gasteiger partial charge in [0.1, 0.15) is 5.69 Å². The van der Waals surface area contributed by atoms with Crippen molar-refractivity contribution in [1.82, 2.24) is 15.2 Å². The molecule has 4 heteroatoms. The van der Waals surface area contributed by atoms with Crippen molar-refractivity contribution in [3.8, 4) is 0 Å². The van der Waals surface area contributed by atoms with Gasteiger partial charge in [-0.3, -0.25) is 4.79 Å². The molecule has 0 radical (unpaired) electrons. The third-order valence-electron chi connectivity index (χ3n) is 3.96. The van der Waals surface area contributed by atoms with Gasteiger partial charge in [0, 0.05) is 18.8 Å². The van der Waals surface area contributed by atoms with Crippen LogP contribution in [0.15, 0.2) is 18.3 Å². The molecular weight excluding hydrogens is 226 g/mol. The van der Waals surface area contributed by atoms with Crippen molar-refractivity contribution < 1.29 is 4.79 Å². The highest BCUT2D eigenvalue weighted by Crippen LogP contribution is 2.35. The van der Waals surface area contributed by atoms with Gasteiger partial charge < -0.3 is 15.2 Å². The molecule has 1 amide bonds. The van der Waals surface area contributed by atoms with Crippen LogP contribution in [0.2, 0.25) is 0 Å². The van der Waals surface area contributed by atoms with Crippen LogP contribution >= 0.6 is 0 Å². The van der Waals surface area contributed by atoms with E-state index in [1.165, 1.54) is 25.7 Å². The fourth-order valence-corrected chi connectivity index (χ4v) is 2.67. The van der Waals surface area contributed by atoms with E-state index in [0.717, 1.165) is 25.3 Å². The van der Waals surface area contributed by atoms with Gasteiger partial charge in [-0.25, -0.2) is 0 Å². The molecule has 3 rings (SSSR count). The molecule has 0 unspecified atom stereocenters. The molecule has 0 bridgehead atoms. The molecule has 2 aliphatic rings. The van der Waals surface area contributed by atoms with Crippen LogP contribution in [-0.4, -0.2) is 30.1 Å². The molecule has 1 aromatic heterocycles. The van der Waals surface area contributed by atoms with Crippen LogP contribution in [-0.2, 0) is 0 Å². The third-order valence-corrected chi connectivity index (χ3v) is 3.96. The zero-order valence-corrected chi connectivity index (χ0v) is 10.7. The highest BCUT2D eigenvalue weighted by molar-refractivity contribution is 5.92. The van der Waals surface area contributed by atoms with E-state index in [-0.39, 0.29) is 5.91 Å². The van der Waals surface area contributed by atoms with Gasteiger partial charge in [-0.05, 0) is 56.8 Å². The van der Waals surface area contributed by atoms with Crippen molar-refractivity contribution in [2.24, 2.45) is 5.92 Å². The van der Waals surface area contributed by atoms with Gasteiger partial charge in [-0.2, -0.15) is 0 Å². The Balaban J connectivity index is 1.55. The number of carbonyl (C=O) groups is 1. The smallest absolute Gasteiger partial charge is 0.267 e. The van der Waals surface area contributed by atoms with Crippen molar-refractivity contribution in [3.05, 3.63) is 24.0 Å². The number of hydrogen-bond acceptors (Lipinski definition) is 2. The summed E-state index contributed by atoms with van der Waals surface area (Å²) in [7, 11) is 0. The number of nitrogens with one attached hydrogen (secondary N) is 2. The van der Waals surface area contributed by atoms with E-state index in [4.69, 9.17) is 0 Å². The second-order valence-electron chi connectivity index (χ2n) is 5.44. The third kappa shape index (κ3) is 2.58. The molecule has 2 fully saturated rings. The zero-order chi connectivity index (χ0) is 12.4. The lowest BCUT2D eigenvalue weighted by molar-refractivity contribution is 0.0934. The van der Waals surface area contributed by atoms with Crippen molar-refractivity contribution >= 4 is 5.91 Å². The molecule has 4 nitrogen and oxygen atoms in total. The second-order valence-corrected chi connectivity index (χ2v) is 5.44. The Morgan fingerprint density at radius 3 is 2.83 bits per heavy atom. The minimum Gasteiger partial charge on any atom is -0.350 e. The van der Waals surface area contributed by atoms with E-state index in [1.807, 2.05) is 18.3 Å². The lowest BCUT2D eigenvalue weighted by Crippen LogP contribution is -2.36. The number of rotatable bonds is 4. The number of nitrogens with zero attached hydrogens (tertiary/aromatic N) is 1. The molecule has 1 saturated heterocycles. The van der Waals surface area contributed by atoms with Crippen molar-refractivity contribution in [1.29, 1.82) is 0 Å². The summed E-state index contributed by atoms with van der Waals surface area (Å²) >= 11 is 0. The summed E-state index contributed by atoms with van der Waals surface area (Å²) in [4.78, 5) is 12.2. The van der Waals surface area contributed by atoms with Crippen LogP contribution in [0.5, 0.6) is 0 Å². The summed E-state index contributed by atoms with van der Waals surface area (Å²) in [5.41, 5.74) is 0.825. The molecule has 2 heterocycles. The fourth-order valence-electron chi connectivity index (χ4n) is 2.67. The Labute approximate surface area is 108 Å². The molecule has 0 atom stereocenters. The normalized spacial score (nSPS) is 20.9. The second kappa shape index (κ2) is 5.14. The van der Waals surface area contributed by atoms with E-state index in [1.54, 1.807) is 0 Å². The number of hydrogen-bond donors (Lipinski definition) is 2. The number of aromatic nitrogens is 1. The maximum Gasteiger partial charge on any atom is 0.267 e. The van der Waals surface area contributed by atoms with Gasteiger partial charge >= 0.3 is 0 Å². The monoisotopic (exact) mass is 247 g/mol. The largest absolute Gasteiger partial charge is 0.350 e. The minimum absolute atomic E-state index is 0.0884. The molecular formula is C14H21N3O. The van der Waals surface area contributed by atoms with E-state index < -0.39 is 0 Å². The highest BCUT2D eigenvalue weighted by Gasteiger charge is 2.26. The number of piperidine rings is 1. The van der Waals surface area contributed by atoms with Crippen LogP contribution in [0.25, 0.3) is 0 Å². The van der Waals surface area contributed by atoms with Crippen molar-refractivity contribution in [3.63, 3.8) is 0 Å². The Bertz CT molecular complexity index is 416. The summed E-state index contributed by atoms with van der Waals surface area (Å²) in [6.45, 7) is 2.98. The Hall–Kier alpha value is -1.29. The van der Waals surface area contributed by atoms with Crippen LogP contribution in [0.1, 0.15) is 42.2 Å². The first-order valence-corrected chi connectivity index (χ1v) is 7.00. The predicted molar refractivity (Wildman–Crippen MR) is 70.6 cm³/mol. The van der Waals surface area contributed by atoms with E-state index in [9.17, 15) is 4.79 Å². The van der Waals surface area contributed by atoms with Crippen LogP contribution in [0.4, 0.5) is 0 Å². The minimum atomic E-state index is 0.0884. The molecule has 0 spiro atoms. The maximum atomic E-state index is 12.2. The standard InChI is InChI=1S/C14H21N3O/c18-14(16-10-11-5-7-15-8-6-11)13-2-1-9-17(13)12-3-4-12/h1-2,9,11-12,15H,3-8,10H2,(H,16,18). The zero-order valence-electron chi connectivity index (χ0n) is 10.7. The van der Waals surface area contributed by atoms with Crippen LogP contribution in [0, 0.1) is 5.92 Å². The molecule has 18 heavy (non-hydrogen) atoms. The summed E-state index contributed by atoms with van der Waals surface area (Å²) in [6, 6.07) is 4.47. The van der Waals surface area contributed by atoms with Gasteiger partial charge in [0.05, 0.1) is 0 Å². The molecule has 1 saturated carbocycles. The van der Waals surface area contributed by atoms with Crippen LogP contribution in [0.3, 0.4) is 0 Å². The molecule has 1 aromatic rings. The lowest BCUT2D eigenvalue weighted by Gasteiger charge is -2.22. The van der Waals surface area contributed by atoms with Gasteiger partial charge in [0.15, 0.2) is 0 Å². The van der Waals surface area contributed by atoms with E-state index in [2.05, 4.69) is 15.2 Å². The molecule has 1 aliphatic carbocycles. The molecule has 98 valence electrons. The number of carbonyl (C=O) groups excluding carboxylic acids is 1. The highest BCUT2D eigenvalue weighted by atomic mass is 16.1. The Kier molecular flexibility index (Phi) is 3.37. The SMILES string of the molecule is O=C(NCC1CCNCC1)c1cccn1C1CC1. The van der Waals surface area contributed by atoms with Gasteiger partial charge in [0.25, 0.3) is 5.91 Å². The van der Waals surface area contributed by atoms with Gasteiger partial charge in [-0.15, -0.1) is 0 Å². The Morgan fingerprint density at radius 2 is 2.11 bits per heavy atom. The van der Waals surface area contributed by atoms with Crippen LogP contribution < -0.4 is 10.6 Å². The summed E-state index contributed by atoms with van der Waals surface area (Å²) in [6.07, 6.45) is 6.79. The van der Waals surface area contributed by atoms with Gasteiger partial charge in [-0.1, -0.05) is 0 Å². The Morgan fingerprint density at radius 1 is 1.33 bits per heavy atom. The van der Waals surface area contributed by atoms with E-state index in [0.29, 0.717) is 12.0 Å². The average molecular weight is 247 g/mol. The number of amides is 1. The molecule has 1 aliphatic heterocycles. The average Bonchev–Trinajstić information content (AvgIpc) is 3.14. The quantitative estimate of drug-likeness (QED) is 0.848. The summed E-state index contributed by atoms with van der Waals surface area (Å²) in [5, 5.41) is 6.44. The van der Waals surface area contributed by atoms with E-state index >= 15 is 0 Å². The molecule has 2 N–H and O–H groups in total. The first kappa shape index (κ1) is 11.8.